The summed E-state index contributed by atoms with van der Waals surface area (Å²) in [6, 6.07) is 3.79. The topological polar surface area (TPSA) is 49.0 Å². The molecule has 5 nitrogen and oxygen atoms in total. The van der Waals surface area contributed by atoms with Crippen molar-refractivity contribution in [3.8, 4) is 11.4 Å². The van der Waals surface area contributed by atoms with Crippen LogP contribution in [0.5, 0.6) is 0 Å². The van der Waals surface area contributed by atoms with Crippen LogP contribution < -0.4 is 0 Å². The molecule has 0 radical (unpaired) electrons. The predicted octanol–water partition coefficient (Wildman–Crippen LogP) is 3.04. The molecule has 0 aliphatic rings. The van der Waals surface area contributed by atoms with Crippen molar-refractivity contribution in [3.05, 3.63) is 33.6 Å². The van der Waals surface area contributed by atoms with Gasteiger partial charge in [-0.25, -0.2) is 4.79 Å². The van der Waals surface area contributed by atoms with E-state index in [1.165, 1.54) is 7.11 Å². The van der Waals surface area contributed by atoms with E-state index in [9.17, 15) is 4.79 Å². The van der Waals surface area contributed by atoms with E-state index in [0.29, 0.717) is 12.2 Å². The Balaban J connectivity index is 2.69. The maximum absolute atomic E-state index is 11.8. The van der Waals surface area contributed by atoms with Gasteiger partial charge in [0.2, 0.25) is 0 Å². The summed E-state index contributed by atoms with van der Waals surface area (Å²) >= 11 is 5.42. The first-order valence-corrected chi connectivity index (χ1v) is 7.15. The number of pyridine rings is 1. The zero-order valence-electron chi connectivity index (χ0n) is 12.9. The third kappa shape index (κ3) is 2.63. The molecular formula is C15H19N3O2S. The zero-order chi connectivity index (χ0) is 15.7. The van der Waals surface area contributed by atoms with Gasteiger partial charge in [0.1, 0.15) is 16.0 Å². The molecule has 0 atom stereocenters. The average molecular weight is 305 g/mol. The molecule has 21 heavy (non-hydrogen) atoms. The van der Waals surface area contributed by atoms with Crippen LogP contribution in [0.3, 0.4) is 0 Å². The molecule has 2 heterocycles. The van der Waals surface area contributed by atoms with Crippen molar-refractivity contribution in [3.63, 3.8) is 0 Å². The number of hydrogen-bond donors (Lipinski definition) is 0. The fraction of sp³-hybridized carbons (Fsp3) is 0.400. The Bertz CT molecular complexity index is 759. The molecular weight excluding hydrogens is 286 g/mol. The lowest BCUT2D eigenvalue weighted by molar-refractivity contribution is 0.0587. The van der Waals surface area contributed by atoms with E-state index >= 15 is 0 Å². The quantitative estimate of drug-likeness (QED) is 0.646. The maximum atomic E-state index is 11.8. The van der Waals surface area contributed by atoms with E-state index in [0.717, 1.165) is 27.2 Å². The van der Waals surface area contributed by atoms with Crippen LogP contribution in [-0.4, -0.2) is 27.4 Å². The standard InChI is InChI=1S/C15H19N3O2S/c1-6-18-12(15(19)20-5)8-11(16-18)13-9(2)7-10(3)14(21)17(13)4/h7-8H,6H2,1-5H3. The molecule has 2 aromatic heterocycles. The molecule has 0 amide bonds. The summed E-state index contributed by atoms with van der Waals surface area (Å²) < 4.78 is 9.15. The van der Waals surface area contributed by atoms with Gasteiger partial charge in [-0.15, -0.1) is 0 Å². The third-order valence-electron chi connectivity index (χ3n) is 3.50. The van der Waals surface area contributed by atoms with Crippen molar-refractivity contribution in [1.29, 1.82) is 0 Å². The number of carbonyl (C=O) groups is 1. The van der Waals surface area contributed by atoms with Crippen LogP contribution in [0.2, 0.25) is 0 Å². The fourth-order valence-corrected chi connectivity index (χ4v) is 2.65. The normalized spacial score (nSPS) is 10.7. The van der Waals surface area contributed by atoms with E-state index in [2.05, 4.69) is 5.10 Å². The fourth-order valence-electron chi connectivity index (χ4n) is 2.50. The van der Waals surface area contributed by atoms with E-state index < -0.39 is 0 Å². The van der Waals surface area contributed by atoms with Crippen molar-refractivity contribution < 1.29 is 9.53 Å². The molecule has 2 rings (SSSR count). The van der Waals surface area contributed by atoms with E-state index in [1.807, 2.05) is 38.5 Å². The Morgan fingerprint density at radius 3 is 2.57 bits per heavy atom. The van der Waals surface area contributed by atoms with Crippen molar-refractivity contribution in [2.75, 3.05) is 7.11 Å². The molecule has 0 spiro atoms. The van der Waals surface area contributed by atoms with Gasteiger partial charge in [-0.05, 0) is 31.9 Å². The van der Waals surface area contributed by atoms with Crippen molar-refractivity contribution in [2.45, 2.75) is 27.3 Å². The number of hydrogen-bond acceptors (Lipinski definition) is 4. The Morgan fingerprint density at radius 1 is 1.33 bits per heavy atom. The number of ether oxygens (including phenoxy) is 1. The largest absolute Gasteiger partial charge is 0.464 e. The number of esters is 1. The number of nitrogens with zero attached hydrogens (tertiary/aromatic N) is 3. The number of aryl methyl sites for hydroxylation is 3. The van der Waals surface area contributed by atoms with Gasteiger partial charge in [0.15, 0.2) is 0 Å². The molecule has 0 aliphatic carbocycles. The van der Waals surface area contributed by atoms with Crippen LogP contribution >= 0.6 is 12.2 Å². The van der Waals surface area contributed by atoms with Crippen LogP contribution in [0, 0.1) is 18.5 Å². The lowest BCUT2D eigenvalue weighted by atomic mass is 10.1. The predicted molar refractivity (Wildman–Crippen MR) is 84.0 cm³/mol. The molecule has 0 saturated carbocycles. The van der Waals surface area contributed by atoms with Crippen LogP contribution in [0.25, 0.3) is 11.4 Å². The van der Waals surface area contributed by atoms with Crippen molar-refractivity contribution in [1.82, 2.24) is 14.3 Å². The highest BCUT2D eigenvalue weighted by atomic mass is 32.1. The summed E-state index contributed by atoms with van der Waals surface area (Å²) in [7, 11) is 3.29. The molecule has 6 heteroatoms. The lowest BCUT2D eigenvalue weighted by Crippen LogP contribution is -2.10. The monoisotopic (exact) mass is 305 g/mol. The maximum Gasteiger partial charge on any atom is 0.356 e. The third-order valence-corrected chi connectivity index (χ3v) is 4.10. The summed E-state index contributed by atoms with van der Waals surface area (Å²) in [5.41, 5.74) is 4.21. The Morgan fingerprint density at radius 2 is 2.00 bits per heavy atom. The van der Waals surface area contributed by atoms with Gasteiger partial charge in [-0.3, -0.25) is 4.68 Å². The minimum absolute atomic E-state index is 0.387. The van der Waals surface area contributed by atoms with Gasteiger partial charge >= 0.3 is 5.97 Å². The average Bonchev–Trinajstić information content (AvgIpc) is 2.88. The molecule has 0 unspecified atom stereocenters. The summed E-state index contributed by atoms with van der Waals surface area (Å²) in [6.07, 6.45) is 0. The van der Waals surface area contributed by atoms with Crippen LogP contribution in [-0.2, 0) is 18.3 Å². The van der Waals surface area contributed by atoms with Crippen molar-refractivity contribution >= 4 is 18.2 Å². The second-order valence-corrected chi connectivity index (χ2v) is 5.33. The second-order valence-electron chi connectivity index (χ2n) is 4.95. The highest BCUT2D eigenvalue weighted by molar-refractivity contribution is 7.71. The molecule has 0 N–H and O–H groups in total. The second kappa shape index (κ2) is 5.81. The molecule has 0 saturated heterocycles. The smallest absolute Gasteiger partial charge is 0.356 e. The van der Waals surface area contributed by atoms with E-state index in [-0.39, 0.29) is 5.97 Å². The van der Waals surface area contributed by atoms with E-state index in [1.54, 1.807) is 10.7 Å². The Hall–Kier alpha value is -1.95. The first kappa shape index (κ1) is 15.4. The Labute approximate surface area is 129 Å². The van der Waals surface area contributed by atoms with Crippen LogP contribution in [0.15, 0.2) is 12.1 Å². The molecule has 0 bridgehead atoms. The highest BCUT2D eigenvalue weighted by Crippen LogP contribution is 2.24. The summed E-state index contributed by atoms with van der Waals surface area (Å²) in [4.78, 5) is 11.8. The zero-order valence-corrected chi connectivity index (χ0v) is 13.7. The van der Waals surface area contributed by atoms with Gasteiger partial charge in [0, 0.05) is 19.7 Å². The van der Waals surface area contributed by atoms with Crippen LogP contribution in [0.4, 0.5) is 0 Å². The Kier molecular flexibility index (Phi) is 4.27. The molecule has 0 aliphatic heterocycles. The summed E-state index contributed by atoms with van der Waals surface area (Å²) in [5, 5.41) is 4.51. The molecule has 112 valence electrons. The number of carbonyl (C=O) groups excluding carboxylic acids is 1. The number of rotatable bonds is 3. The van der Waals surface area contributed by atoms with Gasteiger partial charge in [-0.2, -0.15) is 5.10 Å². The minimum Gasteiger partial charge on any atom is -0.464 e. The van der Waals surface area contributed by atoms with E-state index in [4.69, 9.17) is 17.0 Å². The van der Waals surface area contributed by atoms with Gasteiger partial charge in [-0.1, -0.05) is 18.3 Å². The highest BCUT2D eigenvalue weighted by Gasteiger charge is 2.18. The van der Waals surface area contributed by atoms with Gasteiger partial charge < -0.3 is 9.30 Å². The number of methoxy groups -OCH3 is 1. The summed E-state index contributed by atoms with van der Waals surface area (Å²) in [6.45, 7) is 6.53. The first-order valence-electron chi connectivity index (χ1n) is 6.74. The SMILES string of the molecule is CCn1nc(-c2c(C)cc(C)c(=S)n2C)cc1C(=O)OC. The minimum atomic E-state index is -0.387. The van der Waals surface area contributed by atoms with Gasteiger partial charge in [0.05, 0.1) is 12.8 Å². The van der Waals surface area contributed by atoms with Gasteiger partial charge in [0.25, 0.3) is 0 Å². The molecule has 0 fully saturated rings. The lowest BCUT2D eigenvalue weighted by Gasteiger charge is -2.12. The van der Waals surface area contributed by atoms with Crippen LogP contribution in [0.1, 0.15) is 28.5 Å². The molecule has 0 aromatic carbocycles. The summed E-state index contributed by atoms with van der Waals surface area (Å²) in [5.74, 6) is -0.387. The number of aromatic nitrogens is 3. The first-order chi connectivity index (χ1) is 9.90. The molecule has 2 aromatic rings. The van der Waals surface area contributed by atoms with Crippen molar-refractivity contribution in [2.24, 2.45) is 7.05 Å².